The molecule has 0 radical (unpaired) electrons. The van der Waals surface area contributed by atoms with E-state index in [9.17, 15) is 13.2 Å². The number of pyridine rings is 1. The summed E-state index contributed by atoms with van der Waals surface area (Å²) >= 11 is 0. The van der Waals surface area contributed by atoms with Crippen molar-refractivity contribution in [1.29, 1.82) is 0 Å². The first-order valence-electron chi connectivity index (χ1n) is 10.6. The van der Waals surface area contributed by atoms with E-state index in [1.54, 1.807) is 23.2 Å². The average molecular weight is 449 g/mol. The number of fused-ring (bicyclic) bond motifs is 2. The second kappa shape index (κ2) is 7.72. The van der Waals surface area contributed by atoms with Gasteiger partial charge in [-0.1, -0.05) is 24.3 Å². The molecule has 7 nitrogen and oxygen atoms in total. The molecule has 1 fully saturated rings. The molecule has 1 N–H and O–H groups in total. The van der Waals surface area contributed by atoms with Gasteiger partial charge in [0.05, 0.1) is 5.52 Å². The number of sulfonamides is 1. The van der Waals surface area contributed by atoms with Crippen molar-refractivity contribution in [2.45, 2.75) is 18.7 Å². The number of aromatic nitrogens is 2. The third kappa shape index (κ3) is 3.55. The highest BCUT2D eigenvalue weighted by Gasteiger charge is 2.32. The van der Waals surface area contributed by atoms with Gasteiger partial charge in [0, 0.05) is 48.7 Å². The number of hydrogen-bond donors (Lipinski definition) is 1. The van der Waals surface area contributed by atoms with Gasteiger partial charge in [-0.05, 0) is 49.2 Å². The van der Waals surface area contributed by atoms with Gasteiger partial charge in [0.2, 0.25) is 10.0 Å². The zero-order valence-corrected chi connectivity index (χ0v) is 18.8. The number of piperazine rings is 1. The summed E-state index contributed by atoms with van der Waals surface area (Å²) in [5.74, 6) is -0.113. The third-order valence-electron chi connectivity index (χ3n) is 5.96. The van der Waals surface area contributed by atoms with E-state index >= 15 is 0 Å². The number of H-pyrrole nitrogens is 1. The van der Waals surface area contributed by atoms with Crippen LogP contribution in [0.25, 0.3) is 21.8 Å². The van der Waals surface area contributed by atoms with Crippen LogP contribution >= 0.6 is 0 Å². The minimum Gasteiger partial charge on any atom is -0.351 e. The van der Waals surface area contributed by atoms with Crippen molar-refractivity contribution in [3.8, 4) is 0 Å². The monoisotopic (exact) mass is 448 g/mol. The molecule has 1 aliphatic rings. The SMILES string of the molecule is Cc1cnc2c(S(=O)(=O)N3CCN(C(=O)c4cc5ccc(C)cc5[nH]4)CC3)cccc2c1. The van der Waals surface area contributed by atoms with Crippen LogP contribution in [-0.2, 0) is 10.0 Å². The highest BCUT2D eigenvalue weighted by Crippen LogP contribution is 2.26. The molecule has 1 amide bonds. The van der Waals surface area contributed by atoms with Crippen molar-refractivity contribution in [3.63, 3.8) is 0 Å². The lowest BCUT2D eigenvalue weighted by atomic mass is 10.2. The van der Waals surface area contributed by atoms with Crippen molar-refractivity contribution in [2.75, 3.05) is 26.2 Å². The molecule has 0 atom stereocenters. The van der Waals surface area contributed by atoms with Gasteiger partial charge in [0.15, 0.2) is 0 Å². The number of nitrogens with zero attached hydrogens (tertiary/aromatic N) is 3. The van der Waals surface area contributed by atoms with Crippen LogP contribution in [-0.4, -0.2) is 59.7 Å². The molecule has 164 valence electrons. The van der Waals surface area contributed by atoms with E-state index in [1.165, 1.54) is 4.31 Å². The molecule has 2 aromatic carbocycles. The number of aromatic amines is 1. The Morgan fingerprint density at radius 1 is 0.938 bits per heavy atom. The van der Waals surface area contributed by atoms with Crippen LogP contribution in [0.1, 0.15) is 21.6 Å². The third-order valence-corrected chi connectivity index (χ3v) is 7.89. The van der Waals surface area contributed by atoms with Gasteiger partial charge in [-0.2, -0.15) is 4.31 Å². The fourth-order valence-electron chi connectivity index (χ4n) is 4.25. The zero-order chi connectivity index (χ0) is 22.5. The summed E-state index contributed by atoms with van der Waals surface area (Å²) in [6.45, 7) is 5.10. The van der Waals surface area contributed by atoms with Gasteiger partial charge >= 0.3 is 0 Å². The second-order valence-electron chi connectivity index (χ2n) is 8.31. The van der Waals surface area contributed by atoms with E-state index in [-0.39, 0.29) is 23.9 Å². The normalized spacial score (nSPS) is 15.5. The van der Waals surface area contributed by atoms with Crippen LogP contribution in [0.4, 0.5) is 0 Å². The highest BCUT2D eigenvalue weighted by molar-refractivity contribution is 7.89. The Morgan fingerprint density at radius 3 is 2.50 bits per heavy atom. The van der Waals surface area contributed by atoms with Crippen molar-refractivity contribution in [1.82, 2.24) is 19.2 Å². The number of aryl methyl sites for hydroxylation is 2. The average Bonchev–Trinajstić information content (AvgIpc) is 3.21. The quantitative estimate of drug-likeness (QED) is 0.520. The fourth-order valence-corrected chi connectivity index (χ4v) is 5.84. The molecule has 3 heterocycles. The number of carbonyl (C=O) groups is 1. The van der Waals surface area contributed by atoms with Crippen molar-refractivity contribution >= 4 is 37.7 Å². The lowest BCUT2D eigenvalue weighted by Gasteiger charge is -2.33. The van der Waals surface area contributed by atoms with E-state index in [2.05, 4.69) is 9.97 Å². The molecule has 1 saturated heterocycles. The molecule has 0 bridgehead atoms. The molecular formula is C24H24N4O3S. The Balaban J connectivity index is 1.35. The largest absolute Gasteiger partial charge is 0.351 e. The van der Waals surface area contributed by atoms with Gasteiger partial charge in [0.1, 0.15) is 10.6 Å². The maximum atomic E-state index is 13.4. The van der Waals surface area contributed by atoms with Gasteiger partial charge in [-0.15, -0.1) is 0 Å². The smallest absolute Gasteiger partial charge is 0.270 e. The summed E-state index contributed by atoms with van der Waals surface area (Å²) in [7, 11) is -3.72. The van der Waals surface area contributed by atoms with Crippen LogP contribution in [0.15, 0.2) is 59.6 Å². The van der Waals surface area contributed by atoms with Gasteiger partial charge in [-0.25, -0.2) is 8.42 Å². The number of rotatable bonds is 3. The summed E-state index contributed by atoms with van der Waals surface area (Å²) in [6.07, 6.45) is 1.68. The first-order chi connectivity index (χ1) is 15.3. The van der Waals surface area contributed by atoms with Crippen molar-refractivity contribution in [3.05, 3.63) is 71.5 Å². The van der Waals surface area contributed by atoms with Gasteiger partial charge in [0.25, 0.3) is 5.91 Å². The molecule has 32 heavy (non-hydrogen) atoms. The lowest BCUT2D eigenvalue weighted by molar-refractivity contribution is 0.0693. The predicted molar refractivity (Wildman–Crippen MR) is 124 cm³/mol. The van der Waals surface area contributed by atoms with E-state index in [0.717, 1.165) is 27.4 Å². The van der Waals surface area contributed by atoms with Crippen LogP contribution in [0, 0.1) is 13.8 Å². The Morgan fingerprint density at radius 2 is 1.72 bits per heavy atom. The Kier molecular flexibility index (Phi) is 4.98. The van der Waals surface area contributed by atoms with E-state index in [0.29, 0.717) is 24.3 Å². The Bertz CT molecular complexity index is 1450. The fraction of sp³-hybridized carbons (Fsp3) is 0.250. The number of carbonyl (C=O) groups excluding carboxylic acids is 1. The summed E-state index contributed by atoms with van der Waals surface area (Å²) in [5.41, 5.74) is 4.02. The molecule has 8 heteroatoms. The Labute approximate surface area is 186 Å². The van der Waals surface area contributed by atoms with Crippen LogP contribution < -0.4 is 0 Å². The van der Waals surface area contributed by atoms with E-state index < -0.39 is 10.0 Å². The number of para-hydroxylation sites is 1. The van der Waals surface area contributed by atoms with Crippen LogP contribution in [0.2, 0.25) is 0 Å². The first-order valence-corrected chi connectivity index (χ1v) is 12.0. The zero-order valence-electron chi connectivity index (χ0n) is 18.0. The lowest BCUT2D eigenvalue weighted by Crippen LogP contribution is -2.50. The standard InChI is InChI=1S/C24H24N4O3S/c1-16-6-7-18-14-21(26-20(18)13-16)24(29)27-8-10-28(11-9-27)32(30,31)22-5-3-4-19-12-17(2)15-25-23(19)22/h3-7,12-15,26H,8-11H2,1-2H3. The number of benzene rings is 2. The summed E-state index contributed by atoms with van der Waals surface area (Å²) in [5, 5.41) is 1.78. The highest BCUT2D eigenvalue weighted by atomic mass is 32.2. The Hall–Kier alpha value is -3.23. The molecule has 2 aromatic heterocycles. The second-order valence-corrected chi connectivity index (χ2v) is 10.2. The summed E-state index contributed by atoms with van der Waals surface area (Å²) in [6, 6.07) is 15.0. The number of hydrogen-bond acceptors (Lipinski definition) is 4. The number of amides is 1. The van der Waals surface area contributed by atoms with Crippen LogP contribution in [0.3, 0.4) is 0 Å². The topological polar surface area (TPSA) is 86.4 Å². The minimum atomic E-state index is -3.72. The van der Waals surface area contributed by atoms with Gasteiger partial charge in [-0.3, -0.25) is 9.78 Å². The van der Waals surface area contributed by atoms with Crippen molar-refractivity contribution < 1.29 is 13.2 Å². The molecular weight excluding hydrogens is 424 g/mol. The minimum absolute atomic E-state index is 0.113. The van der Waals surface area contributed by atoms with Gasteiger partial charge < -0.3 is 9.88 Å². The predicted octanol–water partition coefficient (Wildman–Crippen LogP) is 3.48. The maximum absolute atomic E-state index is 13.4. The van der Waals surface area contributed by atoms with Crippen molar-refractivity contribution in [2.24, 2.45) is 0 Å². The molecule has 0 unspecified atom stereocenters. The van der Waals surface area contributed by atoms with E-state index in [1.807, 2.05) is 50.2 Å². The first kappa shape index (κ1) is 20.7. The summed E-state index contributed by atoms with van der Waals surface area (Å²) < 4.78 is 28.2. The molecule has 1 aliphatic heterocycles. The maximum Gasteiger partial charge on any atom is 0.270 e. The number of nitrogens with one attached hydrogen (secondary N) is 1. The molecule has 0 saturated carbocycles. The molecule has 0 aliphatic carbocycles. The molecule has 4 aromatic rings. The summed E-state index contributed by atoms with van der Waals surface area (Å²) in [4.78, 5) is 22.5. The molecule has 5 rings (SSSR count). The molecule has 0 spiro atoms. The van der Waals surface area contributed by atoms with Crippen LogP contribution in [0.5, 0.6) is 0 Å². The van der Waals surface area contributed by atoms with E-state index in [4.69, 9.17) is 0 Å².